The first-order chi connectivity index (χ1) is 3.98. The molecule has 0 aromatic carbocycles. The Morgan fingerprint density at radius 3 is 2.11 bits per heavy atom. The molecule has 2 nitrogen and oxygen atoms in total. The summed E-state index contributed by atoms with van der Waals surface area (Å²) in [4.78, 5) is 10.7. The molecule has 0 aromatic rings. The summed E-state index contributed by atoms with van der Waals surface area (Å²) in [6, 6.07) is 0. The van der Waals surface area contributed by atoms with Gasteiger partial charge in [0.15, 0.2) is 0 Å². The fourth-order valence-electron chi connectivity index (χ4n) is 0.213. The smallest absolute Gasteiger partial charge is 0.344 e. The third kappa shape index (κ3) is 4.33. The van der Waals surface area contributed by atoms with Crippen LogP contribution in [0.15, 0.2) is 0 Å². The fourth-order valence-corrected chi connectivity index (χ4v) is 0.556. The van der Waals surface area contributed by atoms with Crippen LogP contribution in [-0.4, -0.2) is 14.7 Å². The maximum Gasteiger partial charge on any atom is 0.344 e. The number of halogens is 3. The van der Waals surface area contributed by atoms with Gasteiger partial charge in [-0.25, -0.2) is 4.79 Å². The summed E-state index contributed by atoms with van der Waals surface area (Å²) >= 11 is 9.01. The lowest BCUT2D eigenvalue weighted by Crippen LogP contribution is -2.19. The molecule has 0 heterocycles. The Morgan fingerprint density at radius 1 is 1.56 bits per heavy atom. The van der Waals surface area contributed by atoms with E-state index in [0.717, 1.165) is 0 Å². The van der Waals surface area contributed by atoms with Gasteiger partial charge in [0.25, 0.3) is 0 Å². The lowest BCUT2D eigenvalue weighted by molar-refractivity contribution is -0.140. The molecule has 0 spiro atoms. The molecular formula is C4H5Br3O2. The number of ether oxygens (including phenoxy) is 1. The van der Waals surface area contributed by atoms with Crippen LogP contribution in [-0.2, 0) is 9.53 Å². The van der Waals surface area contributed by atoms with Crippen molar-refractivity contribution >= 4 is 53.8 Å². The molecule has 0 radical (unpaired) electrons. The van der Waals surface area contributed by atoms with Crippen LogP contribution < -0.4 is 0 Å². The van der Waals surface area contributed by atoms with Gasteiger partial charge in [0.1, 0.15) is 0 Å². The Balaban J connectivity index is 3.74. The van der Waals surface area contributed by atoms with Crippen molar-refractivity contribution in [1.29, 1.82) is 0 Å². The van der Waals surface area contributed by atoms with Gasteiger partial charge in [0.2, 0.25) is 2.14 Å². The molecule has 0 N–H and O–H groups in total. The molecule has 0 bridgehead atoms. The van der Waals surface area contributed by atoms with Crippen LogP contribution in [0.4, 0.5) is 0 Å². The highest BCUT2D eigenvalue weighted by molar-refractivity contribution is 9.40. The predicted octanol–water partition coefficient (Wildman–Crippen LogP) is 2.39. The van der Waals surface area contributed by atoms with Gasteiger partial charge in [0, 0.05) is 0 Å². The SMILES string of the molecule is CCOC(=O)C(Br)(Br)Br. The van der Waals surface area contributed by atoms with Crippen LogP contribution >= 0.6 is 47.8 Å². The monoisotopic (exact) mass is 322 g/mol. The number of alkyl halides is 3. The molecule has 0 aliphatic rings. The second kappa shape index (κ2) is 3.93. The van der Waals surface area contributed by atoms with Crippen LogP contribution in [0, 0.1) is 0 Å². The number of hydrogen-bond donors (Lipinski definition) is 0. The minimum atomic E-state index is -0.914. The van der Waals surface area contributed by atoms with Gasteiger partial charge < -0.3 is 4.74 Å². The molecule has 0 aliphatic carbocycles. The van der Waals surface area contributed by atoms with Gasteiger partial charge >= 0.3 is 5.97 Å². The van der Waals surface area contributed by atoms with E-state index in [9.17, 15) is 4.79 Å². The molecule has 0 saturated carbocycles. The lowest BCUT2D eigenvalue weighted by atomic mass is 10.8. The number of hydrogen-bond acceptors (Lipinski definition) is 2. The van der Waals surface area contributed by atoms with Gasteiger partial charge in [0.05, 0.1) is 6.61 Å². The van der Waals surface area contributed by atoms with E-state index in [1.807, 2.05) is 0 Å². The number of esters is 1. The number of carbonyl (C=O) groups is 1. The largest absolute Gasteiger partial charge is 0.464 e. The number of rotatable bonds is 1. The molecule has 9 heavy (non-hydrogen) atoms. The second-order valence-corrected chi connectivity index (χ2v) is 7.98. The zero-order chi connectivity index (χ0) is 7.49. The van der Waals surface area contributed by atoms with Gasteiger partial charge in [-0.1, -0.05) is 0 Å². The van der Waals surface area contributed by atoms with Crippen LogP contribution in [0.5, 0.6) is 0 Å². The zero-order valence-corrected chi connectivity index (χ0v) is 9.42. The van der Waals surface area contributed by atoms with Gasteiger partial charge in [-0.2, -0.15) is 0 Å². The molecule has 0 unspecified atom stereocenters. The summed E-state index contributed by atoms with van der Waals surface area (Å²) in [6.07, 6.45) is 0. The lowest BCUT2D eigenvalue weighted by Gasteiger charge is -2.08. The van der Waals surface area contributed by atoms with Crippen molar-refractivity contribution in [1.82, 2.24) is 0 Å². The van der Waals surface area contributed by atoms with Gasteiger partial charge in [-0.3, -0.25) is 0 Å². The first kappa shape index (κ1) is 9.91. The van der Waals surface area contributed by atoms with E-state index >= 15 is 0 Å². The van der Waals surface area contributed by atoms with E-state index in [-0.39, 0.29) is 5.97 Å². The molecule has 0 aliphatic heterocycles. The van der Waals surface area contributed by atoms with E-state index in [1.54, 1.807) is 6.92 Å². The van der Waals surface area contributed by atoms with E-state index in [1.165, 1.54) is 0 Å². The zero-order valence-electron chi connectivity index (χ0n) is 4.66. The van der Waals surface area contributed by atoms with Crippen LogP contribution in [0.25, 0.3) is 0 Å². The summed E-state index contributed by atoms with van der Waals surface area (Å²) in [5.74, 6) is -0.384. The van der Waals surface area contributed by atoms with Crippen molar-refractivity contribution in [2.24, 2.45) is 0 Å². The van der Waals surface area contributed by atoms with Gasteiger partial charge in [-0.15, -0.1) is 0 Å². The highest BCUT2D eigenvalue weighted by Gasteiger charge is 2.29. The van der Waals surface area contributed by atoms with Crippen molar-refractivity contribution in [3.8, 4) is 0 Å². The summed E-state index contributed by atoms with van der Waals surface area (Å²) in [7, 11) is 0. The standard InChI is InChI=1S/C4H5Br3O2/c1-2-9-3(8)4(5,6)7/h2H2,1H3. The van der Waals surface area contributed by atoms with Crippen LogP contribution in [0.1, 0.15) is 6.92 Å². The first-order valence-corrected chi connectivity index (χ1v) is 4.60. The van der Waals surface area contributed by atoms with E-state index in [4.69, 9.17) is 0 Å². The minimum Gasteiger partial charge on any atom is -0.464 e. The first-order valence-electron chi connectivity index (χ1n) is 2.22. The Labute approximate surface area is 78.7 Å². The molecule has 0 atom stereocenters. The summed E-state index contributed by atoms with van der Waals surface area (Å²) in [5.41, 5.74) is 0. The summed E-state index contributed by atoms with van der Waals surface area (Å²) < 4.78 is 3.71. The molecule has 54 valence electrons. The average Bonchev–Trinajstić information content (AvgIpc) is 1.64. The second-order valence-electron chi connectivity index (χ2n) is 1.22. The summed E-state index contributed by atoms with van der Waals surface area (Å²) in [6.45, 7) is 2.13. The average molecular weight is 325 g/mol. The maximum atomic E-state index is 10.7. The van der Waals surface area contributed by atoms with E-state index in [2.05, 4.69) is 52.5 Å². The van der Waals surface area contributed by atoms with E-state index < -0.39 is 2.14 Å². The molecule has 0 saturated heterocycles. The quantitative estimate of drug-likeness (QED) is 0.547. The normalized spacial score (nSPS) is 11.1. The third-order valence-electron chi connectivity index (χ3n) is 0.507. The highest BCUT2D eigenvalue weighted by Crippen LogP contribution is 2.34. The summed E-state index contributed by atoms with van der Waals surface area (Å²) in [5, 5.41) is 0. The number of carbonyl (C=O) groups excluding carboxylic acids is 1. The van der Waals surface area contributed by atoms with Crippen molar-refractivity contribution in [3.05, 3.63) is 0 Å². The maximum absolute atomic E-state index is 10.7. The van der Waals surface area contributed by atoms with Gasteiger partial charge in [-0.05, 0) is 54.7 Å². The molecule has 0 aromatic heterocycles. The Morgan fingerprint density at radius 2 is 2.00 bits per heavy atom. The molecular weight excluding hydrogens is 320 g/mol. The Hall–Kier alpha value is 0.910. The highest BCUT2D eigenvalue weighted by atomic mass is 80.0. The Bertz CT molecular complexity index is 107. The molecule has 0 fully saturated rings. The fraction of sp³-hybridized carbons (Fsp3) is 0.750. The van der Waals surface area contributed by atoms with E-state index in [0.29, 0.717) is 6.61 Å². The van der Waals surface area contributed by atoms with Crippen molar-refractivity contribution in [2.45, 2.75) is 9.07 Å². The van der Waals surface area contributed by atoms with Crippen LogP contribution in [0.3, 0.4) is 0 Å². The Kier molecular flexibility index (Phi) is 4.33. The van der Waals surface area contributed by atoms with Crippen molar-refractivity contribution in [2.75, 3.05) is 6.61 Å². The topological polar surface area (TPSA) is 26.3 Å². The van der Waals surface area contributed by atoms with Crippen molar-refractivity contribution in [3.63, 3.8) is 0 Å². The molecule has 5 heteroatoms. The molecule has 0 rings (SSSR count). The minimum absolute atomic E-state index is 0.378. The van der Waals surface area contributed by atoms with Crippen LogP contribution in [0.2, 0.25) is 0 Å². The van der Waals surface area contributed by atoms with Crippen molar-refractivity contribution < 1.29 is 9.53 Å². The third-order valence-corrected chi connectivity index (χ3v) is 1.48. The molecule has 0 amide bonds. The predicted molar refractivity (Wildman–Crippen MR) is 46.1 cm³/mol.